The lowest BCUT2D eigenvalue weighted by molar-refractivity contribution is 0.601. The van der Waals surface area contributed by atoms with E-state index in [0.29, 0.717) is 0 Å². The summed E-state index contributed by atoms with van der Waals surface area (Å²) in [6.07, 6.45) is 0. The SMILES string of the molecule is O=S(=O)([N-]c1ccc(F)cc1)c1ccc(F)cc1. The van der Waals surface area contributed by atoms with Gasteiger partial charge in [-0.1, -0.05) is 12.1 Å². The second-order valence-electron chi connectivity index (χ2n) is 3.50. The van der Waals surface area contributed by atoms with Gasteiger partial charge in [0.2, 0.25) is 0 Å². The fraction of sp³-hybridized carbons (Fsp3) is 0. The van der Waals surface area contributed by atoms with Crippen LogP contribution in [0.5, 0.6) is 0 Å². The van der Waals surface area contributed by atoms with Crippen LogP contribution in [-0.4, -0.2) is 8.42 Å². The Kier molecular flexibility index (Phi) is 3.29. The van der Waals surface area contributed by atoms with Crippen LogP contribution in [0.1, 0.15) is 0 Å². The van der Waals surface area contributed by atoms with E-state index in [9.17, 15) is 17.2 Å². The van der Waals surface area contributed by atoms with Gasteiger partial charge >= 0.3 is 0 Å². The number of nitrogens with zero attached hydrogens (tertiary/aromatic N) is 1. The lowest BCUT2D eigenvalue weighted by Gasteiger charge is -2.21. The van der Waals surface area contributed by atoms with E-state index in [1.54, 1.807) is 0 Å². The molecule has 6 heteroatoms. The maximum Gasteiger partial charge on any atom is 0.123 e. The van der Waals surface area contributed by atoms with Crippen molar-refractivity contribution in [3.63, 3.8) is 0 Å². The number of rotatable bonds is 3. The molecule has 0 radical (unpaired) electrons. The molecular formula is C12H8F2NO2S-. The first-order chi connectivity index (χ1) is 8.47. The van der Waals surface area contributed by atoms with Gasteiger partial charge in [0.25, 0.3) is 0 Å². The summed E-state index contributed by atoms with van der Waals surface area (Å²) in [4.78, 5) is -0.117. The van der Waals surface area contributed by atoms with Crippen molar-refractivity contribution in [2.45, 2.75) is 4.90 Å². The first kappa shape index (κ1) is 12.5. The van der Waals surface area contributed by atoms with E-state index in [0.717, 1.165) is 36.4 Å². The Hall–Kier alpha value is -1.95. The fourth-order valence-corrected chi connectivity index (χ4v) is 2.28. The van der Waals surface area contributed by atoms with E-state index >= 15 is 0 Å². The summed E-state index contributed by atoms with van der Waals surface area (Å²) in [6.45, 7) is 0. The highest BCUT2D eigenvalue weighted by atomic mass is 32.2. The van der Waals surface area contributed by atoms with Gasteiger partial charge in [-0.2, -0.15) is 0 Å². The Morgan fingerprint density at radius 2 is 1.22 bits per heavy atom. The number of hydrogen-bond donors (Lipinski definition) is 0. The van der Waals surface area contributed by atoms with E-state index in [-0.39, 0.29) is 10.6 Å². The molecule has 0 saturated carbocycles. The summed E-state index contributed by atoms with van der Waals surface area (Å²) in [5.41, 5.74) is 0.112. The molecule has 0 fully saturated rings. The topological polar surface area (TPSA) is 48.2 Å². The van der Waals surface area contributed by atoms with Crippen LogP contribution in [-0.2, 0) is 10.0 Å². The van der Waals surface area contributed by atoms with Crippen LogP contribution in [0.15, 0.2) is 53.4 Å². The number of halogens is 2. The van der Waals surface area contributed by atoms with Crippen molar-refractivity contribution in [2.75, 3.05) is 0 Å². The average Bonchev–Trinajstić information content (AvgIpc) is 2.32. The number of hydrogen-bond acceptors (Lipinski definition) is 2. The third-order valence-electron chi connectivity index (χ3n) is 2.16. The third-order valence-corrected chi connectivity index (χ3v) is 3.48. The van der Waals surface area contributed by atoms with Crippen molar-refractivity contribution in [3.05, 3.63) is 64.9 Å². The molecule has 0 heterocycles. The van der Waals surface area contributed by atoms with Gasteiger partial charge < -0.3 is 4.72 Å². The van der Waals surface area contributed by atoms with Crippen LogP contribution in [0.2, 0.25) is 0 Å². The maximum atomic E-state index is 12.7. The van der Waals surface area contributed by atoms with Crippen LogP contribution in [0.25, 0.3) is 4.72 Å². The van der Waals surface area contributed by atoms with Crippen LogP contribution >= 0.6 is 0 Å². The minimum Gasteiger partial charge on any atom is -0.573 e. The summed E-state index contributed by atoms with van der Waals surface area (Å²) in [5.74, 6) is -1.01. The quantitative estimate of drug-likeness (QED) is 0.857. The van der Waals surface area contributed by atoms with E-state index in [1.807, 2.05) is 0 Å². The van der Waals surface area contributed by atoms with Crippen molar-refractivity contribution < 1.29 is 17.2 Å². The summed E-state index contributed by atoms with van der Waals surface area (Å²) in [6, 6.07) is 9.03. The molecule has 2 rings (SSSR count). The molecule has 18 heavy (non-hydrogen) atoms. The molecule has 0 bridgehead atoms. The Morgan fingerprint density at radius 3 is 1.72 bits per heavy atom. The molecule has 0 aliphatic carbocycles. The van der Waals surface area contributed by atoms with Gasteiger partial charge in [0.05, 0.1) is 4.90 Å². The van der Waals surface area contributed by atoms with E-state index < -0.39 is 21.7 Å². The predicted molar refractivity (Wildman–Crippen MR) is 63.0 cm³/mol. The number of sulfonamides is 1. The van der Waals surface area contributed by atoms with Crippen LogP contribution in [0.3, 0.4) is 0 Å². The summed E-state index contributed by atoms with van der Waals surface area (Å²) in [5, 5.41) is 0. The minimum atomic E-state index is -3.91. The smallest absolute Gasteiger partial charge is 0.123 e. The zero-order valence-corrected chi connectivity index (χ0v) is 9.86. The Balaban J connectivity index is 2.27. The normalized spacial score (nSPS) is 11.2. The van der Waals surface area contributed by atoms with Gasteiger partial charge in [-0.3, -0.25) is 0 Å². The van der Waals surface area contributed by atoms with Gasteiger partial charge in [-0.15, -0.1) is 5.69 Å². The van der Waals surface area contributed by atoms with Crippen molar-refractivity contribution in [2.24, 2.45) is 0 Å². The third kappa shape index (κ3) is 2.84. The van der Waals surface area contributed by atoms with Crippen LogP contribution in [0, 0.1) is 11.6 Å². The minimum absolute atomic E-state index is 0.112. The molecule has 2 aromatic rings. The van der Waals surface area contributed by atoms with Crippen LogP contribution in [0.4, 0.5) is 14.5 Å². The second kappa shape index (κ2) is 4.73. The van der Waals surface area contributed by atoms with Gasteiger partial charge in [-0.05, 0) is 36.4 Å². The standard InChI is InChI=1S/C12H8F2NO2S/c13-9-1-5-11(6-2-9)15-18(16,17)12-7-3-10(14)4-8-12/h1-8H/q-1. The zero-order chi connectivity index (χ0) is 13.2. The van der Waals surface area contributed by atoms with E-state index in [2.05, 4.69) is 4.72 Å². The molecule has 0 aliphatic rings. The molecule has 0 aliphatic heterocycles. The molecule has 0 saturated heterocycles. The maximum absolute atomic E-state index is 12.7. The van der Waals surface area contributed by atoms with Crippen molar-refractivity contribution in [3.8, 4) is 0 Å². The van der Waals surface area contributed by atoms with E-state index in [4.69, 9.17) is 0 Å². The first-order valence-electron chi connectivity index (χ1n) is 4.96. The zero-order valence-electron chi connectivity index (χ0n) is 9.05. The first-order valence-corrected chi connectivity index (χ1v) is 6.40. The Bertz CT molecular complexity index is 637. The van der Waals surface area contributed by atoms with Crippen molar-refractivity contribution >= 4 is 15.7 Å². The summed E-state index contributed by atoms with van der Waals surface area (Å²) < 4.78 is 52.5. The van der Waals surface area contributed by atoms with Crippen LogP contribution < -0.4 is 0 Å². The van der Waals surface area contributed by atoms with Crippen molar-refractivity contribution in [1.29, 1.82) is 0 Å². The molecule has 0 amide bonds. The van der Waals surface area contributed by atoms with Crippen molar-refractivity contribution in [1.82, 2.24) is 0 Å². The van der Waals surface area contributed by atoms with Gasteiger partial charge in [0.1, 0.15) is 21.7 Å². The molecule has 2 aromatic carbocycles. The lowest BCUT2D eigenvalue weighted by atomic mass is 10.3. The average molecular weight is 268 g/mol. The fourth-order valence-electron chi connectivity index (χ4n) is 1.30. The summed E-state index contributed by atoms with van der Waals surface area (Å²) in [7, 11) is -3.91. The monoisotopic (exact) mass is 268 g/mol. The van der Waals surface area contributed by atoms with E-state index in [1.165, 1.54) is 12.1 Å². The lowest BCUT2D eigenvalue weighted by Crippen LogP contribution is -1.97. The predicted octanol–water partition coefficient (Wildman–Crippen LogP) is 3.36. The largest absolute Gasteiger partial charge is 0.573 e. The molecule has 3 nitrogen and oxygen atoms in total. The van der Waals surface area contributed by atoms with Gasteiger partial charge in [-0.25, -0.2) is 17.2 Å². The summed E-state index contributed by atoms with van der Waals surface area (Å²) >= 11 is 0. The molecule has 0 atom stereocenters. The second-order valence-corrected chi connectivity index (χ2v) is 5.10. The Morgan fingerprint density at radius 1 is 0.778 bits per heavy atom. The highest BCUT2D eigenvalue weighted by Crippen LogP contribution is 2.27. The molecule has 94 valence electrons. The Labute approximate surface area is 103 Å². The highest BCUT2D eigenvalue weighted by Gasteiger charge is 2.04. The van der Waals surface area contributed by atoms with Gasteiger partial charge in [0, 0.05) is 0 Å². The van der Waals surface area contributed by atoms with Gasteiger partial charge in [0.15, 0.2) is 0 Å². The number of benzene rings is 2. The molecule has 0 N–H and O–H groups in total. The molecule has 0 aromatic heterocycles. The molecular weight excluding hydrogens is 260 g/mol. The highest BCUT2D eigenvalue weighted by molar-refractivity contribution is 7.94. The molecule has 0 spiro atoms. The molecule has 0 unspecified atom stereocenters.